The summed E-state index contributed by atoms with van der Waals surface area (Å²) in [6.45, 7) is 2.23. The summed E-state index contributed by atoms with van der Waals surface area (Å²) in [5, 5.41) is 2.85. The first-order chi connectivity index (χ1) is 11.1. The van der Waals surface area contributed by atoms with Crippen LogP contribution in [-0.4, -0.2) is 25.7 Å². The molecule has 0 fully saturated rings. The molecule has 0 aromatic heterocycles. The van der Waals surface area contributed by atoms with Gasteiger partial charge < -0.3 is 14.8 Å². The molecule has 4 nitrogen and oxygen atoms in total. The fraction of sp³-hybridized carbons (Fsp3) is 0.278. The summed E-state index contributed by atoms with van der Waals surface area (Å²) in [5.74, 6) is 1.04. The first-order valence-electron chi connectivity index (χ1n) is 7.37. The van der Waals surface area contributed by atoms with Gasteiger partial charge in [-0.05, 0) is 48.9 Å². The van der Waals surface area contributed by atoms with Gasteiger partial charge in [-0.25, -0.2) is 4.39 Å². The van der Waals surface area contributed by atoms with Gasteiger partial charge in [0.1, 0.15) is 23.9 Å². The Bertz CT molecular complexity index is 626. The Morgan fingerprint density at radius 2 is 1.70 bits per heavy atom. The summed E-state index contributed by atoms with van der Waals surface area (Å²) in [4.78, 5) is 11.9. The van der Waals surface area contributed by atoms with Crippen LogP contribution in [-0.2, 0) is 11.2 Å². The summed E-state index contributed by atoms with van der Waals surface area (Å²) < 4.78 is 23.5. The summed E-state index contributed by atoms with van der Waals surface area (Å²) in [6.07, 6.45) is 0.215. The van der Waals surface area contributed by atoms with E-state index in [-0.39, 0.29) is 24.2 Å². The number of rotatable bonds is 7. The van der Waals surface area contributed by atoms with Crippen molar-refractivity contribution in [3.63, 3.8) is 0 Å². The van der Waals surface area contributed by atoms with Crippen LogP contribution < -0.4 is 14.8 Å². The molecule has 0 aliphatic rings. The zero-order valence-corrected chi connectivity index (χ0v) is 13.2. The third-order valence-corrected chi connectivity index (χ3v) is 3.24. The number of amides is 1. The molecular weight excluding hydrogens is 297 g/mol. The predicted octanol–water partition coefficient (Wildman–Crippen LogP) is 2.96. The molecule has 0 aliphatic heterocycles. The van der Waals surface area contributed by atoms with Crippen molar-refractivity contribution >= 4 is 5.91 Å². The van der Waals surface area contributed by atoms with E-state index in [2.05, 4.69) is 5.32 Å². The van der Waals surface area contributed by atoms with Crippen molar-refractivity contribution in [1.29, 1.82) is 0 Å². The fourth-order valence-corrected chi connectivity index (χ4v) is 2.05. The number of methoxy groups -OCH3 is 1. The molecule has 0 spiro atoms. The van der Waals surface area contributed by atoms with Crippen LogP contribution in [0, 0.1) is 5.82 Å². The monoisotopic (exact) mass is 317 g/mol. The number of halogens is 1. The lowest BCUT2D eigenvalue weighted by atomic mass is 10.1. The molecule has 2 aromatic carbocycles. The van der Waals surface area contributed by atoms with E-state index in [0.717, 1.165) is 11.3 Å². The van der Waals surface area contributed by atoms with Gasteiger partial charge in [-0.1, -0.05) is 12.1 Å². The molecule has 1 N–H and O–H groups in total. The van der Waals surface area contributed by atoms with Crippen molar-refractivity contribution in [2.75, 3.05) is 13.7 Å². The Morgan fingerprint density at radius 1 is 1.09 bits per heavy atom. The molecule has 0 unspecified atom stereocenters. The van der Waals surface area contributed by atoms with Gasteiger partial charge in [0.05, 0.1) is 19.6 Å². The van der Waals surface area contributed by atoms with Crippen molar-refractivity contribution < 1.29 is 18.7 Å². The minimum absolute atomic E-state index is 0.123. The number of carbonyl (C=O) groups is 1. The van der Waals surface area contributed by atoms with E-state index in [1.165, 1.54) is 12.1 Å². The molecule has 2 rings (SSSR count). The molecular formula is C18H20FNO3. The third kappa shape index (κ3) is 5.62. The van der Waals surface area contributed by atoms with Crippen LogP contribution in [0.5, 0.6) is 11.5 Å². The second-order valence-electron chi connectivity index (χ2n) is 5.26. The predicted molar refractivity (Wildman–Crippen MR) is 86.2 cm³/mol. The summed E-state index contributed by atoms with van der Waals surface area (Å²) in [5.41, 5.74) is 0.771. The average molecular weight is 317 g/mol. The molecule has 122 valence electrons. The van der Waals surface area contributed by atoms with Gasteiger partial charge in [0.25, 0.3) is 0 Å². The van der Waals surface area contributed by atoms with Crippen LogP contribution in [0.1, 0.15) is 12.5 Å². The first-order valence-corrected chi connectivity index (χ1v) is 7.37. The fourth-order valence-electron chi connectivity index (χ4n) is 2.05. The molecule has 0 saturated heterocycles. The van der Waals surface area contributed by atoms with Crippen LogP contribution in [0.15, 0.2) is 48.5 Å². The van der Waals surface area contributed by atoms with E-state index in [9.17, 15) is 9.18 Å². The second-order valence-corrected chi connectivity index (χ2v) is 5.26. The summed E-state index contributed by atoms with van der Waals surface area (Å²) >= 11 is 0. The van der Waals surface area contributed by atoms with E-state index in [1.54, 1.807) is 19.2 Å². The summed E-state index contributed by atoms with van der Waals surface area (Å²) in [7, 11) is 1.61. The highest BCUT2D eigenvalue weighted by atomic mass is 19.1. The molecule has 1 amide bonds. The Morgan fingerprint density at radius 3 is 2.30 bits per heavy atom. The minimum Gasteiger partial charge on any atom is -0.497 e. The number of carbonyl (C=O) groups excluding carboxylic acids is 1. The highest BCUT2D eigenvalue weighted by Crippen LogP contribution is 2.17. The molecule has 0 saturated carbocycles. The van der Waals surface area contributed by atoms with Gasteiger partial charge in [0.2, 0.25) is 5.91 Å². The zero-order chi connectivity index (χ0) is 16.7. The zero-order valence-electron chi connectivity index (χ0n) is 13.2. The maximum atomic E-state index is 12.8. The maximum Gasteiger partial charge on any atom is 0.224 e. The minimum atomic E-state index is -0.310. The Kier molecular flexibility index (Phi) is 5.97. The van der Waals surface area contributed by atoms with E-state index in [0.29, 0.717) is 12.4 Å². The van der Waals surface area contributed by atoms with Crippen LogP contribution in [0.4, 0.5) is 4.39 Å². The van der Waals surface area contributed by atoms with Gasteiger partial charge in [0, 0.05) is 0 Å². The smallest absolute Gasteiger partial charge is 0.224 e. The van der Waals surface area contributed by atoms with Gasteiger partial charge in [0.15, 0.2) is 0 Å². The van der Waals surface area contributed by atoms with Crippen LogP contribution in [0.2, 0.25) is 0 Å². The highest BCUT2D eigenvalue weighted by molar-refractivity contribution is 5.78. The Labute approximate surface area is 135 Å². The second kappa shape index (κ2) is 8.17. The van der Waals surface area contributed by atoms with Crippen molar-refractivity contribution in [2.45, 2.75) is 19.4 Å². The lowest BCUT2D eigenvalue weighted by Crippen LogP contribution is -2.37. The van der Waals surface area contributed by atoms with Crippen LogP contribution in [0.3, 0.4) is 0 Å². The van der Waals surface area contributed by atoms with Crippen LogP contribution in [0.25, 0.3) is 0 Å². The quantitative estimate of drug-likeness (QED) is 0.854. The Balaban J connectivity index is 1.75. The third-order valence-electron chi connectivity index (χ3n) is 3.24. The summed E-state index contributed by atoms with van der Waals surface area (Å²) in [6, 6.07) is 13.0. The first kappa shape index (κ1) is 16.8. The number of nitrogens with one attached hydrogen (secondary N) is 1. The largest absolute Gasteiger partial charge is 0.497 e. The maximum absolute atomic E-state index is 12.8. The Hall–Kier alpha value is -2.56. The standard InChI is InChI=1S/C18H20FNO3/c1-13(12-23-17-9-7-16(22-2)8-10-17)20-18(21)11-14-3-5-15(19)6-4-14/h3-10,13H,11-12H2,1-2H3,(H,20,21)/t13-/m1/s1. The van der Waals surface area contributed by atoms with Gasteiger partial charge in [-0.3, -0.25) is 4.79 Å². The molecule has 0 radical (unpaired) electrons. The molecule has 0 bridgehead atoms. The van der Waals surface area contributed by atoms with Crippen molar-refractivity contribution in [3.8, 4) is 11.5 Å². The van der Waals surface area contributed by atoms with Crippen molar-refractivity contribution in [3.05, 3.63) is 59.9 Å². The van der Waals surface area contributed by atoms with E-state index in [1.807, 2.05) is 31.2 Å². The van der Waals surface area contributed by atoms with Crippen molar-refractivity contribution in [1.82, 2.24) is 5.32 Å². The number of hydrogen-bond acceptors (Lipinski definition) is 3. The SMILES string of the molecule is COc1ccc(OC[C@@H](C)NC(=O)Cc2ccc(F)cc2)cc1. The lowest BCUT2D eigenvalue weighted by molar-refractivity contribution is -0.121. The lowest BCUT2D eigenvalue weighted by Gasteiger charge is -2.15. The van der Waals surface area contributed by atoms with Gasteiger partial charge >= 0.3 is 0 Å². The molecule has 1 atom stereocenters. The van der Waals surface area contributed by atoms with Crippen molar-refractivity contribution in [2.24, 2.45) is 0 Å². The highest BCUT2D eigenvalue weighted by Gasteiger charge is 2.09. The van der Waals surface area contributed by atoms with E-state index in [4.69, 9.17) is 9.47 Å². The molecule has 5 heteroatoms. The van der Waals surface area contributed by atoms with E-state index < -0.39 is 0 Å². The molecule has 0 heterocycles. The number of benzene rings is 2. The van der Waals surface area contributed by atoms with Gasteiger partial charge in [-0.15, -0.1) is 0 Å². The van der Waals surface area contributed by atoms with Gasteiger partial charge in [-0.2, -0.15) is 0 Å². The number of ether oxygens (including phenoxy) is 2. The molecule has 0 aliphatic carbocycles. The van der Waals surface area contributed by atoms with E-state index >= 15 is 0 Å². The molecule has 23 heavy (non-hydrogen) atoms. The van der Waals surface area contributed by atoms with Crippen LogP contribution >= 0.6 is 0 Å². The normalized spacial score (nSPS) is 11.6. The molecule has 2 aromatic rings. The number of hydrogen-bond donors (Lipinski definition) is 1. The topological polar surface area (TPSA) is 47.6 Å². The average Bonchev–Trinajstić information content (AvgIpc) is 2.55.